The molecule has 2 aromatic rings. The van der Waals surface area contributed by atoms with E-state index in [4.69, 9.17) is 23.2 Å². The molecule has 29 heavy (non-hydrogen) atoms. The zero-order chi connectivity index (χ0) is 21.3. The summed E-state index contributed by atoms with van der Waals surface area (Å²) in [5.74, 6) is -0.483. The van der Waals surface area contributed by atoms with Crippen molar-refractivity contribution >= 4 is 46.5 Å². The van der Waals surface area contributed by atoms with Crippen molar-refractivity contribution in [2.75, 3.05) is 5.32 Å². The van der Waals surface area contributed by atoms with Gasteiger partial charge in [0.15, 0.2) is 0 Å². The van der Waals surface area contributed by atoms with E-state index in [9.17, 15) is 19.7 Å². The second-order valence-electron chi connectivity index (χ2n) is 6.45. The summed E-state index contributed by atoms with van der Waals surface area (Å²) in [6.45, 7) is 3.39. The van der Waals surface area contributed by atoms with Gasteiger partial charge in [0.25, 0.3) is 11.6 Å². The molecule has 0 fully saturated rings. The third kappa shape index (κ3) is 4.33. The molecule has 10 heteroatoms. The highest BCUT2D eigenvalue weighted by Gasteiger charge is 2.32. The number of allylic oxidation sites excluding steroid dienone is 1. The molecule has 0 radical (unpaired) electrons. The van der Waals surface area contributed by atoms with Gasteiger partial charge in [-0.15, -0.1) is 0 Å². The Balaban J connectivity index is 2.02. The smallest absolute Gasteiger partial charge is 0.319 e. The molecule has 1 atom stereocenters. The van der Waals surface area contributed by atoms with Crippen molar-refractivity contribution in [3.05, 3.63) is 79.0 Å². The molecule has 3 rings (SSSR count). The summed E-state index contributed by atoms with van der Waals surface area (Å²) in [6, 6.07) is 7.77. The number of urea groups is 1. The molecule has 1 unspecified atom stereocenters. The van der Waals surface area contributed by atoms with Crippen LogP contribution in [0.25, 0.3) is 0 Å². The SMILES string of the molecule is CC1=C(C(=O)Nc2cc(Cl)ccc2C)C(c2ccc(Cl)c([N+](=O)[O-])c2)NC(=O)N1. The van der Waals surface area contributed by atoms with E-state index in [2.05, 4.69) is 16.0 Å². The number of hydrogen-bond donors (Lipinski definition) is 3. The molecule has 0 saturated heterocycles. The van der Waals surface area contributed by atoms with Crippen molar-refractivity contribution < 1.29 is 14.5 Å². The average molecular weight is 435 g/mol. The second-order valence-corrected chi connectivity index (χ2v) is 7.30. The lowest BCUT2D eigenvalue weighted by molar-refractivity contribution is -0.384. The quantitative estimate of drug-likeness (QED) is 0.486. The molecule has 1 heterocycles. The van der Waals surface area contributed by atoms with Crippen molar-refractivity contribution in [1.29, 1.82) is 0 Å². The number of nitrogens with zero attached hydrogens (tertiary/aromatic N) is 1. The van der Waals surface area contributed by atoms with E-state index >= 15 is 0 Å². The number of amides is 3. The van der Waals surface area contributed by atoms with Crippen LogP contribution in [0.1, 0.15) is 24.1 Å². The van der Waals surface area contributed by atoms with Crippen LogP contribution in [0, 0.1) is 17.0 Å². The van der Waals surface area contributed by atoms with Gasteiger partial charge in [-0.05, 0) is 43.2 Å². The topological polar surface area (TPSA) is 113 Å². The van der Waals surface area contributed by atoms with Gasteiger partial charge < -0.3 is 16.0 Å². The van der Waals surface area contributed by atoms with Crippen LogP contribution in [0.5, 0.6) is 0 Å². The van der Waals surface area contributed by atoms with Gasteiger partial charge in [-0.1, -0.05) is 35.3 Å². The minimum Gasteiger partial charge on any atom is -0.327 e. The van der Waals surface area contributed by atoms with Crippen molar-refractivity contribution in [2.45, 2.75) is 19.9 Å². The Kier molecular flexibility index (Phi) is 5.76. The fraction of sp³-hybridized carbons (Fsp3) is 0.158. The Hall–Kier alpha value is -3.10. The summed E-state index contributed by atoms with van der Waals surface area (Å²) in [5.41, 5.74) is 1.88. The van der Waals surface area contributed by atoms with E-state index in [0.29, 0.717) is 22.0 Å². The molecule has 0 aliphatic carbocycles. The summed E-state index contributed by atoms with van der Waals surface area (Å²) in [6.07, 6.45) is 0. The van der Waals surface area contributed by atoms with Crippen LogP contribution in [0.2, 0.25) is 10.0 Å². The van der Waals surface area contributed by atoms with E-state index in [1.807, 2.05) is 6.92 Å². The molecular formula is C19H16Cl2N4O4. The van der Waals surface area contributed by atoms with Gasteiger partial charge in [0.2, 0.25) is 0 Å². The lowest BCUT2D eigenvalue weighted by Gasteiger charge is -2.28. The Bertz CT molecular complexity index is 1070. The Morgan fingerprint density at radius 1 is 1.17 bits per heavy atom. The fourth-order valence-corrected chi connectivity index (χ4v) is 3.37. The molecule has 3 N–H and O–H groups in total. The second kappa shape index (κ2) is 8.10. The minimum absolute atomic E-state index is 0.0414. The zero-order valence-electron chi connectivity index (χ0n) is 15.4. The van der Waals surface area contributed by atoms with Crippen molar-refractivity contribution in [1.82, 2.24) is 10.6 Å². The van der Waals surface area contributed by atoms with Gasteiger partial charge in [0.05, 0.1) is 16.5 Å². The molecular weight excluding hydrogens is 419 g/mol. The van der Waals surface area contributed by atoms with Crippen molar-refractivity contribution in [3.8, 4) is 0 Å². The average Bonchev–Trinajstić information content (AvgIpc) is 2.64. The molecule has 0 bridgehead atoms. The first-order chi connectivity index (χ1) is 13.7. The molecule has 2 aromatic carbocycles. The van der Waals surface area contributed by atoms with Crippen LogP contribution in [0.15, 0.2) is 47.7 Å². The highest BCUT2D eigenvalue weighted by Crippen LogP contribution is 2.33. The predicted octanol–water partition coefficient (Wildman–Crippen LogP) is 4.48. The van der Waals surface area contributed by atoms with E-state index in [1.54, 1.807) is 25.1 Å². The molecule has 0 spiro atoms. The first-order valence-corrected chi connectivity index (χ1v) is 9.22. The van der Waals surface area contributed by atoms with E-state index in [0.717, 1.165) is 5.56 Å². The number of hydrogen-bond acceptors (Lipinski definition) is 4. The van der Waals surface area contributed by atoms with Gasteiger partial charge in [-0.2, -0.15) is 0 Å². The number of nitro groups is 1. The van der Waals surface area contributed by atoms with Gasteiger partial charge in [-0.3, -0.25) is 14.9 Å². The standard InChI is InChI=1S/C19H16Cl2N4O4/c1-9-3-5-12(20)8-14(9)23-18(26)16-10(2)22-19(27)24-17(16)11-4-6-13(21)15(7-11)25(28)29/h3-8,17H,1-2H3,(H,23,26)(H2,22,24,27). The molecule has 1 aliphatic heterocycles. The highest BCUT2D eigenvalue weighted by molar-refractivity contribution is 6.32. The molecule has 3 amide bonds. The highest BCUT2D eigenvalue weighted by atomic mass is 35.5. The number of carbonyl (C=O) groups is 2. The van der Waals surface area contributed by atoms with Gasteiger partial charge in [-0.25, -0.2) is 4.79 Å². The summed E-state index contributed by atoms with van der Waals surface area (Å²) in [7, 11) is 0. The predicted molar refractivity (Wildman–Crippen MR) is 110 cm³/mol. The fourth-order valence-electron chi connectivity index (χ4n) is 3.01. The molecule has 0 saturated carbocycles. The molecule has 150 valence electrons. The van der Waals surface area contributed by atoms with Gasteiger partial charge >= 0.3 is 6.03 Å². The Morgan fingerprint density at radius 2 is 1.90 bits per heavy atom. The van der Waals surface area contributed by atoms with Gasteiger partial charge in [0.1, 0.15) is 5.02 Å². The van der Waals surface area contributed by atoms with Crippen LogP contribution in [-0.4, -0.2) is 16.9 Å². The number of benzene rings is 2. The Labute approximate surface area is 176 Å². The minimum atomic E-state index is -0.904. The number of aryl methyl sites for hydroxylation is 1. The normalized spacial score (nSPS) is 16.1. The largest absolute Gasteiger partial charge is 0.327 e. The number of nitrogens with one attached hydrogen (secondary N) is 3. The van der Waals surface area contributed by atoms with Crippen LogP contribution in [0.3, 0.4) is 0 Å². The van der Waals surface area contributed by atoms with Crippen molar-refractivity contribution in [2.24, 2.45) is 0 Å². The van der Waals surface area contributed by atoms with Crippen LogP contribution >= 0.6 is 23.2 Å². The summed E-state index contributed by atoms with van der Waals surface area (Å²) < 4.78 is 0. The number of carbonyl (C=O) groups excluding carboxylic acids is 2. The van der Waals surface area contributed by atoms with E-state index in [1.165, 1.54) is 18.2 Å². The summed E-state index contributed by atoms with van der Waals surface area (Å²) in [4.78, 5) is 35.7. The first kappa shape index (κ1) is 20.6. The van der Waals surface area contributed by atoms with Crippen LogP contribution < -0.4 is 16.0 Å². The third-order valence-electron chi connectivity index (χ3n) is 4.46. The van der Waals surface area contributed by atoms with Crippen LogP contribution in [0.4, 0.5) is 16.2 Å². The van der Waals surface area contributed by atoms with E-state index in [-0.39, 0.29) is 16.3 Å². The number of halogens is 2. The van der Waals surface area contributed by atoms with E-state index < -0.39 is 22.9 Å². The van der Waals surface area contributed by atoms with Crippen LogP contribution in [-0.2, 0) is 4.79 Å². The number of nitro benzene ring substituents is 1. The first-order valence-electron chi connectivity index (χ1n) is 8.47. The molecule has 1 aliphatic rings. The summed E-state index contributed by atoms with van der Waals surface area (Å²) in [5, 5.41) is 19.6. The molecule has 8 nitrogen and oxygen atoms in total. The van der Waals surface area contributed by atoms with Crippen molar-refractivity contribution in [3.63, 3.8) is 0 Å². The number of rotatable bonds is 4. The zero-order valence-corrected chi connectivity index (χ0v) is 16.9. The summed E-state index contributed by atoms with van der Waals surface area (Å²) >= 11 is 11.9. The number of anilines is 1. The maximum absolute atomic E-state index is 13.1. The lowest BCUT2D eigenvalue weighted by atomic mass is 9.94. The maximum atomic E-state index is 13.1. The third-order valence-corrected chi connectivity index (χ3v) is 5.02. The molecule has 0 aromatic heterocycles. The maximum Gasteiger partial charge on any atom is 0.319 e. The van der Waals surface area contributed by atoms with Gasteiger partial charge in [0, 0.05) is 22.5 Å². The Morgan fingerprint density at radius 3 is 2.59 bits per heavy atom. The lowest BCUT2D eigenvalue weighted by Crippen LogP contribution is -2.46. The monoisotopic (exact) mass is 434 g/mol.